The lowest BCUT2D eigenvalue weighted by Crippen LogP contribution is -2.51. The highest BCUT2D eigenvalue weighted by Gasteiger charge is 2.36. The average molecular weight is 169 g/mol. The van der Waals surface area contributed by atoms with Crippen LogP contribution in [-0.2, 0) is 9.53 Å². The zero-order chi connectivity index (χ0) is 8.55. The molecule has 0 aromatic rings. The van der Waals surface area contributed by atoms with E-state index in [1.54, 1.807) is 0 Å². The summed E-state index contributed by atoms with van der Waals surface area (Å²) in [7, 11) is 1.46. The number of methoxy groups -OCH3 is 1. The Labute approximate surface area is 72.7 Å². The van der Waals surface area contributed by atoms with E-state index in [2.05, 4.69) is 9.64 Å². The van der Waals surface area contributed by atoms with Gasteiger partial charge in [-0.2, -0.15) is 0 Å². The normalized spacial score (nSPS) is 25.1. The molecule has 1 saturated heterocycles. The topological polar surface area (TPSA) is 29.5 Å². The molecular weight excluding hydrogens is 154 g/mol. The number of hydrogen-bond acceptors (Lipinski definition) is 3. The van der Waals surface area contributed by atoms with Crippen molar-refractivity contribution in [2.45, 2.75) is 12.8 Å². The Hall–Kier alpha value is -0.570. The van der Waals surface area contributed by atoms with E-state index in [1.807, 2.05) is 0 Å². The van der Waals surface area contributed by atoms with Crippen LogP contribution >= 0.6 is 0 Å². The third kappa shape index (κ3) is 1.61. The Kier molecular flexibility index (Phi) is 2.05. The van der Waals surface area contributed by atoms with E-state index in [0.717, 1.165) is 19.0 Å². The largest absolute Gasteiger partial charge is 0.469 e. The molecule has 0 unspecified atom stereocenters. The molecule has 0 aromatic carbocycles. The van der Waals surface area contributed by atoms with Crippen LogP contribution in [0.2, 0.25) is 0 Å². The first-order valence-electron chi connectivity index (χ1n) is 4.60. The fourth-order valence-electron chi connectivity index (χ4n) is 1.70. The van der Waals surface area contributed by atoms with Gasteiger partial charge in [-0.15, -0.1) is 0 Å². The zero-order valence-electron chi connectivity index (χ0n) is 7.45. The number of likely N-dealkylation sites (tertiary alicyclic amines) is 1. The van der Waals surface area contributed by atoms with Crippen molar-refractivity contribution in [2.24, 2.45) is 11.8 Å². The Balaban J connectivity index is 1.65. The summed E-state index contributed by atoms with van der Waals surface area (Å²) in [5.41, 5.74) is 0. The molecule has 0 spiro atoms. The quantitative estimate of drug-likeness (QED) is 0.576. The van der Waals surface area contributed by atoms with Gasteiger partial charge < -0.3 is 9.64 Å². The molecule has 3 nitrogen and oxygen atoms in total. The van der Waals surface area contributed by atoms with Crippen LogP contribution in [-0.4, -0.2) is 37.6 Å². The summed E-state index contributed by atoms with van der Waals surface area (Å²) < 4.78 is 4.66. The summed E-state index contributed by atoms with van der Waals surface area (Å²) in [6, 6.07) is 0. The third-order valence-electron chi connectivity index (χ3n) is 2.71. The molecule has 0 bridgehead atoms. The first-order chi connectivity index (χ1) is 5.79. The molecule has 1 aliphatic carbocycles. The fraction of sp³-hybridized carbons (Fsp3) is 0.889. The molecule has 2 rings (SSSR count). The Morgan fingerprint density at radius 2 is 2.17 bits per heavy atom. The van der Waals surface area contributed by atoms with Gasteiger partial charge in [-0.25, -0.2) is 0 Å². The monoisotopic (exact) mass is 169 g/mol. The summed E-state index contributed by atoms with van der Waals surface area (Å²) in [5, 5.41) is 0. The Morgan fingerprint density at radius 1 is 1.50 bits per heavy atom. The summed E-state index contributed by atoms with van der Waals surface area (Å²) in [6.45, 7) is 3.04. The number of rotatable bonds is 3. The van der Waals surface area contributed by atoms with Crippen molar-refractivity contribution in [3.63, 3.8) is 0 Å². The number of carbonyl (C=O) groups excluding carboxylic acids is 1. The van der Waals surface area contributed by atoms with Gasteiger partial charge >= 0.3 is 5.97 Å². The fourth-order valence-corrected chi connectivity index (χ4v) is 1.70. The molecule has 0 amide bonds. The van der Waals surface area contributed by atoms with Gasteiger partial charge in [0.05, 0.1) is 13.0 Å². The summed E-state index contributed by atoms with van der Waals surface area (Å²) in [4.78, 5) is 13.3. The lowest BCUT2D eigenvalue weighted by atomic mass is 10.0. The Bertz CT molecular complexity index is 183. The molecule has 0 aromatic heterocycles. The van der Waals surface area contributed by atoms with Crippen molar-refractivity contribution >= 4 is 5.97 Å². The van der Waals surface area contributed by atoms with Gasteiger partial charge in [0.1, 0.15) is 0 Å². The smallest absolute Gasteiger partial charge is 0.311 e. The van der Waals surface area contributed by atoms with Gasteiger partial charge in [0.15, 0.2) is 0 Å². The summed E-state index contributed by atoms with van der Waals surface area (Å²) in [5.74, 6) is 1.05. The molecule has 3 heteroatoms. The minimum absolute atomic E-state index is 0.0398. The van der Waals surface area contributed by atoms with Crippen LogP contribution < -0.4 is 0 Å². The molecule has 1 aliphatic heterocycles. The predicted molar refractivity (Wildman–Crippen MR) is 44.7 cm³/mol. The van der Waals surface area contributed by atoms with Crippen LogP contribution in [0.4, 0.5) is 0 Å². The highest BCUT2D eigenvalue weighted by molar-refractivity contribution is 5.73. The molecule has 1 saturated carbocycles. The van der Waals surface area contributed by atoms with Crippen LogP contribution in [0, 0.1) is 11.8 Å². The van der Waals surface area contributed by atoms with Crippen molar-refractivity contribution in [3.8, 4) is 0 Å². The molecule has 2 aliphatic rings. The highest BCUT2D eigenvalue weighted by Crippen LogP contribution is 2.32. The van der Waals surface area contributed by atoms with E-state index in [9.17, 15) is 4.79 Å². The van der Waals surface area contributed by atoms with E-state index in [-0.39, 0.29) is 11.9 Å². The van der Waals surface area contributed by atoms with Gasteiger partial charge in [0.2, 0.25) is 0 Å². The van der Waals surface area contributed by atoms with Crippen molar-refractivity contribution in [2.75, 3.05) is 26.7 Å². The van der Waals surface area contributed by atoms with Crippen LogP contribution in [0.25, 0.3) is 0 Å². The van der Waals surface area contributed by atoms with Gasteiger partial charge in [-0.1, -0.05) is 0 Å². The highest BCUT2D eigenvalue weighted by atomic mass is 16.5. The number of carbonyl (C=O) groups is 1. The van der Waals surface area contributed by atoms with Gasteiger partial charge in [-0.3, -0.25) is 4.79 Å². The van der Waals surface area contributed by atoms with E-state index >= 15 is 0 Å². The maximum atomic E-state index is 11.0. The lowest BCUT2D eigenvalue weighted by molar-refractivity contribution is -0.151. The van der Waals surface area contributed by atoms with E-state index < -0.39 is 0 Å². The number of ether oxygens (including phenoxy) is 1. The predicted octanol–water partition coefficient (Wildman–Crippen LogP) is 0.501. The molecule has 0 atom stereocenters. The van der Waals surface area contributed by atoms with Crippen molar-refractivity contribution in [1.82, 2.24) is 4.90 Å². The van der Waals surface area contributed by atoms with Crippen LogP contribution in [0.1, 0.15) is 12.8 Å². The molecule has 0 radical (unpaired) electrons. The van der Waals surface area contributed by atoms with Gasteiger partial charge in [-0.05, 0) is 18.8 Å². The minimum atomic E-state index is -0.0398. The standard InChI is InChI=1S/C9H15NO2/c1-12-9(11)8-5-10(6-8)4-7-2-3-7/h7-8H,2-6H2,1H3. The molecule has 68 valence electrons. The van der Waals surface area contributed by atoms with Crippen LogP contribution in [0.15, 0.2) is 0 Å². The molecule has 12 heavy (non-hydrogen) atoms. The average Bonchev–Trinajstić information content (AvgIpc) is 2.78. The maximum Gasteiger partial charge on any atom is 0.311 e. The van der Waals surface area contributed by atoms with E-state index in [4.69, 9.17) is 0 Å². The number of esters is 1. The third-order valence-corrected chi connectivity index (χ3v) is 2.71. The second-order valence-corrected chi connectivity index (χ2v) is 3.88. The lowest BCUT2D eigenvalue weighted by Gasteiger charge is -2.37. The SMILES string of the molecule is COC(=O)C1CN(CC2CC2)C1. The first-order valence-corrected chi connectivity index (χ1v) is 4.60. The zero-order valence-corrected chi connectivity index (χ0v) is 7.45. The molecule has 1 heterocycles. The van der Waals surface area contributed by atoms with Crippen molar-refractivity contribution < 1.29 is 9.53 Å². The first kappa shape index (κ1) is 8.05. The maximum absolute atomic E-state index is 11.0. The summed E-state index contributed by atoms with van der Waals surface area (Å²) >= 11 is 0. The van der Waals surface area contributed by atoms with Gasteiger partial charge in [0.25, 0.3) is 0 Å². The molecular formula is C9H15NO2. The van der Waals surface area contributed by atoms with Crippen LogP contribution in [0.3, 0.4) is 0 Å². The van der Waals surface area contributed by atoms with Crippen molar-refractivity contribution in [3.05, 3.63) is 0 Å². The van der Waals surface area contributed by atoms with E-state index in [1.165, 1.54) is 26.5 Å². The minimum Gasteiger partial charge on any atom is -0.469 e. The summed E-state index contributed by atoms with van der Waals surface area (Å²) in [6.07, 6.45) is 2.78. The second kappa shape index (κ2) is 3.05. The van der Waals surface area contributed by atoms with Gasteiger partial charge in [0, 0.05) is 19.6 Å². The van der Waals surface area contributed by atoms with Crippen LogP contribution in [0.5, 0.6) is 0 Å². The van der Waals surface area contributed by atoms with E-state index in [0.29, 0.717) is 0 Å². The molecule has 0 N–H and O–H groups in total. The second-order valence-electron chi connectivity index (χ2n) is 3.88. The number of hydrogen-bond donors (Lipinski definition) is 0. The molecule has 2 fully saturated rings. The Morgan fingerprint density at radius 3 is 2.67 bits per heavy atom. The van der Waals surface area contributed by atoms with Crippen molar-refractivity contribution in [1.29, 1.82) is 0 Å². The number of nitrogens with zero attached hydrogens (tertiary/aromatic N) is 1.